The maximum Gasteiger partial charge on any atom is 0.0563 e. The molecular formula is C12H30O3Sm. The van der Waals surface area contributed by atoms with Crippen LogP contribution in [0.5, 0.6) is 0 Å². The summed E-state index contributed by atoms with van der Waals surface area (Å²) >= 11 is 0. The smallest absolute Gasteiger partial charge is 0.0563 e. The van der Waals surface area contributed by atoms with Crippen LogP contribution in [-0.4, -0.2) is 32.1 Å². The Kier molecular flexibility index (Phi) is 16.5. The van der Waals surface area contributed by atoms with Gasteiger partial charge in [0.25, 0.3) is 0 Å². The van der Waals surface area contributed by atoms with Crippen molar-refractivity contribution in [1.82, 2.24) is 0 Å². The zero-order valence-corrected chi connectivity index (χ0v) is 14.9. The topological polar surface area (TPSA) is 60.7 Å². The van der Waals surface area contributed by atoms with Gasteiger partial charge in [-0.2, -0.15) is 0 Å². The second-order valence-corrected chi connectivity index (χ2v) is 6.51. The summed E-state index contributed by atoms with van der Waals surface area (Å²) in [6.45, 7) is 15.7. The van der Waals surface area contributed by atoms with Gasteiger partial charge in [-0.25, -0.2) is 0 Å². The fourth-order valence-corrected chi connectivity index (χ4v) is 0. The predicted molar refractivity (Wildman–Crippen MR) is 65.9 cm³/mol. The first-order chi connectivity index (χ1) is 6.00. The van der Waals surface area contributed by atoms with Gasteiger partial charge in [-0.05, 0) is 62.3 Å². The van der Waals surface area contributed by atoms with Crippen molar-refractivity contribution < 1.29 is 55.7 Å². The van der Waals surface area contributed by atoms with Gasteiger partial charge in [-0.3, -0.25) is 0 Å². The van der Waals surface area contributed by atoms with Crippen LogP contribution in [0.4, 0.5) is 0 Å². The Balaban J connectivity index is -0.0000000655. The first kappa shape index (κ1) is 25.9. The van der Waals surface area contributed by atoms with E-state index >= 15 is 0 Å². The minimum Gasteiger partial charge on any atom is -0.391 e. The molecule has 0 unspecified atom stereocenters. The Morgan fingerprint density at radius 3 is 0.438 bits per heavy atom. The molecule has 0 aromatic rings. The fraction of sp³-hybridized carbons (Fsp3) is 1.00. The number of rotatable bonds is 0. The van der Waals surface area contributed by atoms with Crippen molar-refractivity contribution in [3.63, 3.8) is 0 Å². The van der Waals surface area contributed by atoms with Crippen molar-refractivity contribution in [3.05, 3.63) is 0 Å². The van der Waals surface area contributed by atoms with E-state index in [2.05, 4.69) is 0 Å². The van der Waals surface area contributed by atoms with E-state index in [9.17, 15) is 0 Å². The van der Waals surface area contributed by atoms with Gasteiger partial charge in [0.05, 0.1) is 16.8 Å². The molecule has 0 saturated heterocycles. The van der Waals surface area contributed by atoms with Crippen molar-refractivity contribution >= 4 is 0 Å². The van der Waals surface area contributed by atoms with E-state index in [0.717, 1.165) is 0 Å². The van der Waals surface area contributed by atoms with Crippen molar-refractivity contribution in [2.24, 2.45) is 0 Å². The molecule has 0 spiro atoms. The average Bonchev–Trinajstić information content (AvgIpc) is 1.41. The second kappa shape index (κ2) is 10.2. The maximum atomic E-state index is 8.52. The first-order valence-corrected chi connectivity index (χ1v) is 5.17. The molecule has 0 atom stereocenters. The van der Waals surface area contributed by atoms with E-state index in [1.165, 1.54) is 0 Å². The van der Waals surface area contributed by atoms with Gasteiger partial charge < -0.3 is 15.3 Å². The summed E-state index contributed by atoms with van der Waals surface area (Å²) in [5.74, 6) is 0. The molecule has 0 aliphatic carbocycles. The minimum absolute atomic E-state index is 0. The van der Waals surface area contributed by atoms with Gasteiger partial charge in [-0.15, -0.1) is 0 Å². The van der Waals surface area contributed by atoms with Crippen molar-refractivity contribution in [2.75, 3.05) is 0 Å². The van der Waals surface area contributed by atoms with Gasteiger partial charge in [0.1, 0.15) is 0 Å². The van der Waals surface area contributed by atoms with E-state index in [4.69, 9.17) is 15.3 Å². The molecule has 0 aliphatic rings. The Labute approximate surface area is 134 Å². The van der Waals surface area contributed by atoms with E-state index < -0.39 is 16.8 Å². The molecule has 3 nitrogen and oxygen atoms in total. The number of aliphatic hydroxyl groups is 3. The largest absolute Gasteiger partial charge is 0.391 e. The Morgan fingerprint density at radius 2 is 0.438 bits per heavy atom. The summed E-state index contributed by atoms with van der Waals surface area (Å²) in [6, 6.07) is 0. The first-order valence-electron chi connectivity index (χ1n) is 5.17. The molecule has 0 heterocycles. The van der Waals surface area contributed by atoms with Crippen molar-refractivity contribution in [2.45, 2.75) is 79.1 Å². The predicted octanol–water partition coefficient (Wildman–Crippen LogP) is 2.33. The molecule has 3 N–H and O–H groups in total. The summed E-state index contributed by atoms with van der Waals surface area (Å²) < 4.78 is 0. The Bertz CT molecular complexity index is 91.3. The van der Waals surface area contributed by atoms with Crippen LogP contribution in [0.2, 0.25) is 0 Å². The molecule has 0 aliphatic heterocycles. The molecule has 0 saturated carbocycles. The molecule has 0 aromatic carbocycles. The summed E-state index contributed by atoms with van der Waals surface area (Å²) in [7, 11) is 0. The van der Waals surface area contributed by atoms with E-state index in [1.807, 2.05) is 0 Å². The molecule has 0 bridgehead atoms. The molecular weight excluding hydrogens is 342 g/mol. The molecule has 16 heavy (non-hydrogen) atoms. The zero-order valence-electron chi connectivity index (χ0n) is 12.2. The zero-order chi connectivity index (χ0) is 13.5. The minimum atomic E-state index is -0.500. The molecule has 0 radical (unpaired) electrons. The normalized spacial score (nSPS) is 11.2. The van der Waals surface area contributed by atoms with Gasteiger partial charge in [0.15, 0.2) is 0 Å². The van der Waals surface area contributed by atoms with Crippen LogP contribution >= 0.6 is 0 Å². The monoisotopic (exact) mass is 374 g/mol. The van der Waals surface area contributed by atoms with Crippen LogP contribution in [0, 0.1) is 40.4 Å². The molecule has 4 heteroatoms. The third-order valence-electron chi connectivity index (χ3n) is 0. The Hall–Kier alpha value is 1.22. The van der Waals surface area contributed by atoms with Crippen LogP contribution in [0.1, 0.15) is 62.3 Å². The summed E-state index contributed by atoms with van der Waals surface area (Å²) in [4.78, 5) is 0. The van der Waals surface area contributed by atoms with Crippen LogP contribution < -0.4 is 0 Å². The van der Waals surface area contributed by atoms with Gasteiger partial charge >= 0.3 is 0 Å². The average molecular weight is 373 g/mol. The quantitative estimate of drug-likeness (QED) is 0.611. The summed E-state index contributed by atoms with van der Waals surface area (Å²) in [5.41, 5.74) is -1.50. The molecule has 0 rings (SSSR count). The second-order valence-electron chi connectivity index (χ2n) is 6.51. The molecule has 102 valence electrons. The summed E-state index contributed by atoms with van der Waals surface area (Å²) in [6.07, 6.45) is 0. The van der Waals surface area contributed by atoms with Gasteiger partial charge in [0, 0.05) is 40.4 Å². The third-order valence-corrected chi connectivity index (χ3v) is 0. The van der Waals surface area contributed by atoms with Crippen molar-refractivity contribution in [3.8, 4) is 0 Å². The summed E-state index contributed by atoms with van der Waals surface area (Å²) in [5, 5.41) is 25.6. The van der Waals surface area contributed by atoms with E-state index in [1.54, 1.807) is 62.3 Å². The fourth-order valence-electron chi connectivity index (χ4n) is 0. The van der Waals surface area contributed by atoms with E-state index in [-0.39, 0.29) is 40.4 Å². The molecule has 0 aromatic heterocycles. The van der Waals surface area contributed by atoms with Gasteiger partial charge in [-0.1, -0.05) is 0 Å². The van der Waals surface area contributed by atoms with E-state index in [0.29, 0.717) is 0 Å². The number of hydrogen-bond acceptors (Lipinski definition) is 3. The van der Waals surface area contributed by atoms with Crippen LogP contribution in [0.25, 0.3) is 0 Å². The molecule has 0 amide bonds. The van der Waals surface area contributed by atoms with Crippen LogP contribution in [-0.2, 0) is 0 Å². The van der Waals surface area contributed by atoms with Gasteiger partial charge in [0.2, 0.25) is 0 Å². The third kappa shape index (κ3) is 2070. The van der Waals surface area contributed by atoms with Crippen LogP contribution in [0.15, 0.2) is 0 Å². The number of hydrogen-bond donors (Lipinski definition) is 3. The maximum absolute atomic E-state index is 8.52. The standard InChI is InChI=1S/3C4H10O.Sm/c3*1-4(2,3)5;/h3*5H,1-3H3;. The van der Waals surface area contributed by atoms with Crippen LogP contribution in [0.3, 0.4) is 0 Å². The Morgan fingerprint density at radius 1 is 0.438 bits per heavy atom. The molecule has 0 fully saturated rings. The SMILES string of the molecule is CC(C)(C)O.CC(C)(C)O.CC(C)(C)O.[Sm]. The van der Waals surface area contributed by atoms with Crippen molar-refractivity contribution in [1.29, 1.82) is 0 Å².